The van der Waals surface area contributed by atoms with E-state index in [-0.39, 0.29) is 11.9 Å². The van der Waals surface area contributed by atoms with E-state index >= 15 is 0 Å². The van der Waals surface area contributed by atoms with Crippen LogP contribution in [0.25, 0.3) is 0 Å². The molecular formula is C12H14FN3. The average Bonchev–Trinajstić information content (AvgIpc) is 2.34. The molecule has 0 aromatic heterocycles. The fourth-order valence-corrected chi connectivity index (χ4v) is 1.95. The van der Waals surface area contributed by atoms with E-state index in [2.05, 4.69) is 16.3 Å². The SMILES string of the molecule is N#CC(c1ccc(F)cc1)N1CCNCC1. The van der Waals surface area contributed by atoms with Gasteiger partial charge in [-0.1, -0.05) is 12.1 Å². The van der Waals surface area contributed by atoms with Crippen molar-refractivity contribution >= 4 is 0 Å². The lowest BCUT2D eigenvalue weighted by Crippen LogP contribution is -2.44. The Labute approximate surface area is 94.5 Å². The number of benzene rings is 1. The molecule has 1 aliphatic rings. The fraction of sp³-hybridized carbons (Fsp3) is 0.417. The summed E-state index contributed by atoms with van der Waals surface area (Å²) < 4.78 is 12.8. The zero-order chi connectivity index (χ0) is 11.4. The molecule has 0 spiro atoms. The molecule has 0 bridgehead atoms. The van der Waals surface area contributed by atoms with Crippen molar-refractivity contribution in [2.75, 3.05) is 26.2 Å². The molecule has 2 rings (SSSR count). The van der Waals surface area contributed by atoms with E-state index in [0.29, 0.717) is 0 Å². The van der Waals surface area contributed by atoms with Crippen molar-refractivity contribution in [3.8, 4) is 6.07 Å². The first-order chi connectivity index (χ1) is 7.81. The van der Waals surface area contributed by atoms with Crippen molar-refractivity contribution in [2.24, 2.45) is 0 Å². The maximum Gasteiger partial charge on any atom is 0.123 e. The van der Waals surface area contributed by atoms with Gasteiger partial charge < -0.3 is 5.32 Å². The minimum atomic E-state index is -0.263. The van der Waals surface area contributed by atoms with Crippen LogP contribution >= 0.6 is 0 Å². The molecule has 4 heteroatoms. The molecule has 1 unspecified atom stereocenters. The van der Waals surface area contributed by atoms with Gasteiger partial charge in [0.05, 0.1) is 6.07 Å². The first-order valence-corrected chi connectivity index (χ1v) is 5.41. The van der Waals surface area contributed by atoms with Gasteiger partial charge in [-0.25, -0.2) is 4.39 Å². The molecule has 1 atom stereocenters. The Hall–Kier alpha value is -1.44. The molecule has 1 aromatic rings. The molecule has 0 radical (unpaired) electrons. The van der Waals surface area contributed by atoms with Crippen LogP contribution in [0.3, 0.4) is 0 Å². The van der Waals surface area contributed by atoms with E-state index in [1.165, 1.54) is 12.1 Å². The molecule has 1 saturated heterocycles. The number of rotatable bonds is 2. The van der Waals surface area contributed by atoms with Gasteiger partial charge in [0.1, 0.15) is 11.9 Å². The van der Waals surface area contributed by atoms with Gasteiger partial charge in [0, 0.05) is 26.2 Å². The fourth-order valence-electron chi connectivity index (χ4n) is 1.95. The highest BCUT2D eigenvalue weighted by molar-refractivity contribution is 5.24. The maximum atomic E-state index is 12.8. The summed E-state index contributed by atoms with van der Waals surface area (Å²) in [5.74, 6) is -0.263. The van der Waals surface area contributed by atoms with E-state index in [9.17, 15) is 9.65 Å². The van der Waals surface area contributed by atoms with Gasteiger partial charge >= 0.3 is 0 Å². The Bertz CT molecular complexity index is 376. The van der Waals surface area contributed by atoms with E-state index in [1.54, 1.807) is 12.1 Å². The van der Waals surface area contributed by atoms with Crippen LogP contribution in [-0.2, 0) is 0 Å². The van der Waals surface area contributed by atoms with Crippen LogP contribution in [0.1, 0.15) is 11.6 Å². The molecule has 0 aliphatic carbocycles. The summed E-state index contributed by atoms with van der Waals surface area (Å²) in [5.41, 5.74) is 0.866. The minimum absolute atomic E-state index is 0.261. The Kier molecular flexibility index (Phi) is 3.50. The lowest BCUT2D eigenvalue weighted by Gasteiger charge is -2.31. The largest absolute Gasteiger partial charge is 0.314 e. The Balaban J connectivity index is 2.15. The zero-order valence-electron chi connectivity index (χ0n) is 8.99. The first kappa shape index (κ1) is 11.1. The molecule has 0 saturated carbocycles. The van der Waals surface area contributed by atoms with Crippen LogP contribution in [0.5, 0.6) is 0 Å². The minimum Gasteiger partial charge on any atom is -0.314 e. The van der Waals surface area contributed by atoms with Crippen LogP contribution in [0.4, 0.5) is 4.39 Å². The van der Waals surface area contributed by atoms with Gasteiger partial charge in [0.15, 0.2) is 0 Å². The molecule has 1 fully saturated rings. The predicted molar refractivity (Wildman–Crippen MR) is 59.2 cm³/mol. The lowest BCUT2D eigenvalue weighted by molar-refractivity contribution is 0.207. The number of nitrogens with one attached hydrogen (secondary N) is 1. The summed E-state index contributed by atoms with van der Waals surface area (Å²) in [7, 11) is 0. The maximum absolute atomic E-state index is 12.8. The van der Waals surface area contributed by atoms with Crippen LogP contribution in [0, 0.1) is 17.1 Å². The van der Waals surface area contributed by atoms with Crippen molar-refractivity contribution < 1.29 is 4.39 Å². The second-order valence-electron chi connectivity index (χ2n) is 3.87. The van der Waals surface area contributed by atoms with Gasteiger partial charge in [-0.15, -0.1) is 0 Å². The predicted octanol–water partition coefficient (Wildman–Crippen LogP) is 1.30. The molecule has 0 amide bonds. The molecule has 84 valence electrons. The van der Waals surface area contributed by atoms with Crippen molar-refractivity contribution in [1.29, 1.82) is 5.26 Å². The van der Waals surface area contributed by atoms with Gasteiger partial charge in [-0.3, -0.25) is 4.90 Å². The molecule has 1 aliphatic heterocycles. The molecule has 1 N–H and O–H groups in total. The van der Waals surface area contributed by atoms with Crippen molar-refractivity contribution in [2.45, 2.75) is 6.04 Å². The third-order valence-electron chi connectivity index (χ3n) is 2.82. The van der Waals surface area contributed by atoms with E-state index < -0.39 is 0 Å². The topological polar surface area (TPSA) is 39.1 Å². The highest BCUT2D eigenvalue weighted by atomic mass is 19.1. The number of hydrogen-bond donors (Lipinski definition) is 1. The van der Waals surface area contributed by atoms with Crippen molar-refractivity contribution in [1.82, 2.24) is 10.2 Å². The molecule has 3 nitrogen and oxygen atoms in total. The summed E-state index contributed by atoms with van der Waals surface area (Å²) in [6, 6.07) is 8.20. The Morgan fingerprint density at radius 2 is 1.88 bits per heavy atom. The summed E-state index contributed by atoms with van der Waals surface area (Å²) >= 11 is 0. The highest BCUT2D eigenvalue weighted by Gasteiger charge is 2.21. The van der Waals surface area contributed by atoms with Gasteiger partial charge in [0.25, 0.3) is 0 Å². The monoisotopic (exact) mass is 219 g/mol. The van der Waals surface area contributed by atoms with Crippen LogP contribution in [0.2, 0.25) is 0 Å². The average molecular weight is 219 g/mol. The smallest absolute Gasteiger partial charge is 0.123 e. The second kappa shape index (κ2) is 5.06. The van der Waals surface area contributed by atoms with E-state index in [4.69, 9.17) is 0 Å². The van der Waals surface area contributed by atoms with Crippen LogP contribution < -0.4 is 5.32 Å². The first-order valence-electron chi connectivity index (χ1n) is 5.41. The number of hydrogen-bond acceptors (Lipinski definition) is 3. The summed E-state index contributed by atoms with van der Waals surface area (Å²) in [5, 5.41) is 12.4. The van der Waals surface area contributed by atoms with Crippen molar-refractivity contribution in [3.05, 3.63) is 35.6 Å². The Morgan fingerprint density at radius 3 is 2.44 bits per heavy atom. The summed E-state index contributed by atoms with van der Waals surface area (Å²) in [6.07, 6.45) is 0. The zero-order valence-corrected chi connectivity index (χ0v) is 8.99. The normalized spacial score (nSPS) is 19.0. The number of nitriles is 1. The molecule has 1 heterocycles. The number of piperazine rings is 1. The number of halogens is 1. The standard InChI is InChI=1S/C12H14FN3/c13-11-3-1-10(2-4-11)12(9-14)16-7-5-15-6-8-16/h1-4,12,15H,5-8H2. The van der Waals surface area contributed by atoms with Crippen LogP contribution in [-0.4, -0.2) is 31.1 Å². The Morgan fingerprint density at radius 1 is 1.25 bits per heavy atom. The second-order valence-corrected chi connectivity index (χ2v) is 3.87. The molecule has 1 aromatic carbocycles. The van der Waals surface area contributed by atoms with Gasteiger partial charge in [-0.2, -0.15) is 5.26 Å². The molecular weight excluding hydrogens is 205 g/mol. The molecule has 16 heavy (non-hydrogen) atoms. The van der Waals surface area contributed by atoms with Crippen molar-refractivity contribution in [3.63, 3.8) is 0 Å². The quantitative estimate of drug-likeness (QED) is 0.814. The van der Waals surface area contributed by atoms with E-state index in [1.807, 2.05) is 0 Å². The van der Waals surface area contributed by atoms with Gasteiger partial charge in [-0.05, 0) is 17.7 Å². The highest BCUT2D eigenvalue weighted by Crippen LogP contribution is 2.20. The summed E-state index contributed by atoms with van der Waals surface area (Å²) in [4.78, 5) is 2.11. The third kappa shape index (κ3) is 2.38. The summed E-state index contributed by atoms with van der Waals surface area (Å²) in [6.45, 7) is 3.52. The third-order valence-corrected chi connectivity index (χ3v) is 2.82. The van der Waals surface area contributed by atoms with Gasteiger partial charge in [0.2, 0.25) is 0 Å². The lowest BCUT2D eigenvalue weighted by atomic mass is 10.1. The van der Waals surface area contributed by atoms with E-state index in [0.717, 1.165) is 31.7 Å². The number of nitrogens with zero attached hydrogens (tertiary/aromatic N) is 2. The van der Waals surface area contributed by atoms with Crippen LogP contribution in [0.15, 0.2) is 24.3 Å².